The van der Waals surface area contributed by atoms with Gasteiger partial charge in [0.2, 0.25) is 0 Å². The molecule has 1 aromatic carbocycles. The number of likely N-dealkylation sites (N-methyl/N-ethyl adjacent to an activating group) is 1. The van der Waals surface area contributed by atoms with Gasteiger partial charge in [-0.25, -0.2) is 14.6 Å². The monoisotopic (exact) mass is 450 g/mol. The van der Waals surface area contributed by atoms with Crippen LogP contribution in [0.25, 0.3) is 22.4 Å². The molecule has 3 heterocycles. The zero-order valence-electron chi connectivity index (χ0n) is 19.1. The van der Waals surface area contributed by atoms with Gasteiger partial charge in [-0.15, -0.1) is 0 Å². The van der Waals surface area contributed by atoms with Crippen molar-refractivity contribution in [3.05, 3.63) is 42.8 Å². The molecule has 2 aromatic heterocycles. The Bertz CT molecular complexity index is 1160. The molecule has 9 heteroatoms. The Kier molecular flexibility index (Phi) is 5.90. The summed E-state index contributed by atoms with van der Waals surface area (Å²) in [5.41, 5.74) is 1.69. The number of rotatable bonds is 8. The van der Waals surface area contributed by atoms with Gasteiger partial charge in [0.25, 0.3) is 0 Å². The first-order valence-corrected chi connectivity index (χ1v) is 11.4. The van der Waals surface area contributed by atoms with Crippen molar-refractivity contribution in [2.45, 2.75) is 38.0 Å². The quantitative estimate of drug-likeness (QED) is 0.540. The summed E-state index contributed by atoms with van der Waals surface area (Å²) in [5, 5.41) is 18.5. The van der Waals surface area contributed by atoms with Crippen molar-refractivity contribution in [3.63, 3.8) is 0 Å². The van der Waals surface area contributed by atoms with Gasteiger partial charge in [-0.1, -0.05) is 18.7 Å². The van der Waals surface area contributed by atoms with Crippen LogP contribution in [-0.4, -0.2) is 70.4 Å². The molecule has 1 saturated heterocycles. The number of aliphatic hydroxyl groups excluding tert-OH is 1. The highest BCUT2D eigenvalue weighted by atomic mass is 16.5. The maximum atomic E-state index is 9.96. The fourth-order valence-corrected chi connectivity index (χ4v) is 4.19. The van der Waals surface area contributed by atoms with E-state index in [1.54, 1.807) is 7.05 Å². The number of hydrogen-bond donors (Lipinski definition) is 2. The van der Waals surface area contributed by atoms with Crippen LogP contribution in [-0.2, 0) is 4.74 Å². The van der Waals surface area contributed by atoms with Crippen LogP contribution < -0.4 is 15.0 Å². The Morgan fingerprint density at radius 3 is 2.94 bits per heavy atom. The summed E-state index contributed by atoms with van der Waals surface area (Å²) in [7, 11) is 1.80. The Morgan fingerprint density at radius 2 is 2.18 bits per heavy atom. The SMILES string of the molecule is C=C1CN(c2nc(-c3cccc(OCC(O)CNC)c3)nc3c2cnn3C2CC2)CC(C)O1. The van der Waals surface area contributed by atoms with E-state index in [2.05, 4.69) is 21.9 Å². The van der Waals surface area contributed by atoms with Crippen LogP contribution in [0.1, 0.15) is 25.8 Å². The molecule has 2 N–H and O–H groups in total. The molecule has 0 spiro atoms. The Balaban J connectivity index is 1.52. The first kappa shape index (κ1) is 21.7. The maximum Gasteiger partial charge on any atom is 0.164 e. The van der Waals surface area contributed by atoms with Crippen molar-refractivity contribution in [1.29, 1.82) is 0 Å². The van der Waals surface area contributed by atoms with Crippen molar-refractivity contribution >= 4 is 16.9 Å². The minimum Gasteiger partial charge on any atom is -0.492 e. The first-order valence-electron chi connectivity index (χ1n) is 11.4. The van der Waals surface area contributed by atoms with Gasteiger partial charge in [0.05, 0.1) is 30.7 Å². The summed E-state index contributed by atoms with van der Waals surface area (Å²) in [6.07, 6.45) is 3.56. The van der Waals surface area contributed by atoms with Crippen LogP contribution >= 0.6 is 0 Å². The van der Waals surface area contributed by atoms with E-state index in [1.807, 2.05) is 42.1 Å². The van der Waals surface area contributed by atoms with Gasteiger partial charge in [-0.05, 0) is 38.9 Å². The molecule has 33 heavy (non-hydrogen) atoms. The second-order valence-corrected chi connectivity index (χ2v) is 8.83. The molecule has 1 saturated carbocycles. The maximum absolute atomic E-state index is 9.96. The summed E-state index contributed by atoms with van der Waals surface area (Å²) >= 11 is 0. The van der Waals surface area contributed by atoms with E-state index in [-0.39, 0.29) is 12.7 Å². The number of nitrogens with zero attached hydrogens (tertiary/aromatic N) is 5. The largest absolute Gasteiger partial charge is 0.492 e. The molecule has 2 unspecified atom stereocenters. The molecule has 9 nitrogen and oxygen atoms in total. The molecule has 0 bridgehead atoms. The average molecular weight is 451 g/mol. The molecule has 0 radical (unpaired) electrons. The van der Waals surface area contributed by atoms with Crippen LogP contribution in [0.5, 0.6) is 5.75 Å². The Morgan fingerprint density at radius 1 is 1.33 bits per heavy atom. The second-order valence-electron chi connectivity index (χ2n) is 8.83. The number of hydrogen-bond acceptors (Lipinski definition) is 8. The minimum atomic E-state index is -0.581. The third kappa shape index (κ3) is 4.65. The highest BCUT2D eigenvalue weighted by Crippen LogP contribution is 2.38. The third-order valence-electron chi connectivity index (χ3n) is 5.81. The summed E-state index contributed by atoms with van der Waals surface area (Å²) in [6.45, 7) is 8.04. The summed E-state index contributed by atoms with van der Waals surface area (Å²) < 4.78 is 13.6. The number of aliphatic hydroxyl groups is 1. The zero-order chi connectivity index (χ0) is 22.9. The van der Waals surface area contributed by atoms with Crippen molar-refractivity contribution in [2.24, 2.45) is 0 Å². The molecule has 3 aromatic rings. The minimum absolute atomic E-state index is 0.0268. The topological polar surface area (TPSA) is 97.6 Å². The van der Waals surface area contributed by atoms with Crippen LogP contribution in [0.2, 0.25) is 0 Å². The molecule has 174 valence electrons. The average Bonchev–Trinajstić information content (AvgIpc) is 3.55. The Labute approximate surface area is 193 Å². The van der Waals surface area contributed by atoms with E-state index in [0.29, 0.717) is 37.3 Å². The van der Waals surface area contributed by atoms with E-state index in [0.717, 1.165) is 41.0 Å². The fraction of sp³-hybridized carbons (Fsp3) is 0.458. The zero-order valence-corrected chi connectivity index (χ0v) is 19.1. The van der Waals surface area contributed by atoms with Crippen LogP contribution in [0.3, 0.4) is 0 Å². The molecular formula is C24H30N6O3. The molecule has 2 fully saturated rings. The van der Waals surface area contributed by atoms with Gasteiger partial charge in [0.15, 0.2) is 11.5 Å². The van der Waals surface area contributed by atoms with E-state index in [4.69, 9.17) is 19.4 Å². The number of morpholine rings is 1. The van der Waals surface area contributed by atoms with Crippen molar-refractivity contribution in [3.8, 4) is 17.1 Å². The van der Waals surface area contributed by atoms with E-state index < -0.39 is 6.10 Å². The van der Waals surface area contributed by atoms with Crippen LogP contribution in [0.15, 0.2) is 42.8 Å². The standard InChI is InChI=1S/C24H30N6O3/c1-15-12-29(13-16(2)33-15)23-21-11-26-30(18-7-8-18)24(21)28-22(27-23)17-5-4-6-20(9-17)32-14-19(31)10-25-3/h4-6,9,11,16,18-19,25,31H,1,7-8,10,12-14H2,2-3H3. The number of ether oxygens (including phenoxy) is 2. The van der Waals surface area contributed by atoms with Crippen molar-refractivity contribution in [1.82, 2.24) is 25.1 Å². The highest BCUT2D eigenvalue weighted by molar-refractivity contribution is 5.89. The van der Waals surface area contributed by atoms with Gasteiger partial charge in [0, 0.05) is 12.1 Å². The number of fused-ring (bicyclic) bond motifs is 1. The number of benzene rings is 1. The first-order chi connectivity index (χ1) is 16.0. The predicted octanol–water partition coefficient (Wildman–Crippen LogP) is 2.53. The lowest BCUT2D eigenvalue weighted by Crippen LogP contribution is -2.40. The van der Waals surface area contributed by atoms with Gasteiger partial charge in [0.1, 0.15) is 36.1 Å². The van der Waals surface area contributed by atoms with Gasteiger partial charge in [-0.2, -0.15) is 5.10 Å². The normalized spacial score (nSPS) is 19.5. The molecule has 0 amide bonds. The lowest BCUT2D eigenvalue weighted by atomic mass is 10.2. The molecule has 2 aliphatic rings. The molecule has 1 aliphatic heterocycles. The molecule has 1 aliphatic carbocycles. The third-order valence-corrected chi connectivity index (χ3v) is 5.81. The number of anilines is 1. The predicted molar refractivity (Wildman–Crippen MR) is 126 cm³/mol. The Hall–Kier alpha value is -3.17. The smallest absolute Gasteiger partial charge is 0.164 e. The van der Waals surface area contributed by atoms with Crippen molar-refractivity contribution < 1.29 is 14.6 Å². The molecule has 2 atom stereocenters. The molecule has 5 rings (SSSR count). The highest BCUT2D eigenvalue weighted by Gasteiger charge is 2.30. The van der Waals surface area contributed by atoms with Crippen LogP contribution in [0, 0.1) is 0 Å². The summed E-state index contributed by atoms with van der Waals surface area (Å²) in [5.74, 6) is 2.85. The van der Waals surface area contributed by atoms with E-state index in [9.17, 15) is 5.11 Å². The summed E-state index contributed by atoms with van der Waals surface area (Å²) in [6, 6.07) is 8.08. The lowest BCUT2D eigenvalue weighted by Gasteiger charge is -2.34. The van der Waals surface area contributed by atoms with Gasteiger partial charge >= 0.3 is 0 Å². The summed E-state index contributed by atoms with van der Waals surface area (Å²) in [4.78, 5) is 12.1. The van der Waals surface area contributed by atoms with Gasteiger partial charge in [-0.3, -0.25) is 0 Å². The van der Waals surface area contributed by atoms with Gasteiger partial charge < -0.3 is 24.8 Å². The van der Waals surface area contributed by atoms with E-state index >= 15 is 0 Å². The van der Waals surface area contributed by atoms with E-state index in [1.165, 1.54) is 0 Å². The lowest BCUT2D eigenvalue weighted by molar-refractivity contribution is 0.108. The second kappa shape index (κ2) is 8.99. The molecular weight excluding hydrogens is 420 g/mol. The van der Waals surface area contributed by atoms with Crippen molar-refractivity contribution in [2.75, 3.05) is 38.2 Å². The fourth-order valence-electron chi connectivity index (χ4n) is 4.19. The van der Waals surface area contributed by atoms with Crippen LogP contribution in [0.4, 0.5) is 5.82 Å². The number of aromatic nitrogens is 4. The number of nitrogens with one attached hydrogen (secondary N) is 1.